The van der Waals surface area contributed by atoms with Crippen LogP contribution in [0.25, 0.3) is 32.9 Å². The molecule has 0 atom stereocenters. The van der Waals surface area contributed by atoms with Gasteiger partial charge in [0.1, 0.15) is 5.52 Å². The van der Waals surface area contributed by atoms with Gasteiger partial charge in [-0.1, -0.05) is 48.5 Å². The van der Waals surface area contributed by atoms with Crippen molar-refractivity contribution in [3.63, 3.8) is 0 Å². The molecule has 4 heteroatoms. The molecule has 0 bridgehead atoms. The van der Waals surface area contributed by atoms with Crippen LogP contribution in [-0.4, -0.2) is 21.3 Å². The Morgan fingerprint density at radius 3 is 2.52 bits per heavy atom. The summed E-state index contributed by atoms with van der Waals surface area (Å²) in [5.74, 6) is 0. The Labute approximate surface area is 145 Å². The lowest BCUT2D eigenvalue weighted by atomic mass is 9.96. The van der Waals surface area contributed by atoms with Crippen LogP contribution in [0.15, 0.2) is 59.4 Å². The molecule has 0 saturated carbocycles. The van der Waals surface area contributed by atoms with Crippen LogP contribution in [0.5, 0.6) is 0 Å². The van der Waals surface area contributed by atoms with Crippen molar-refractivity contribution < 1.29 is 5.11 Å². The molecule has 0 aliphatic rings. The number of fused-ring (bicyclic) bond motifs is 3. The zero-order chi connectivity index (χ0) is 17.4. The number of pyridine rings is 1. The standard InChI is InChI=1S/C21H20N2O2/c1-23-17-12-6-5-10-15(17)19-18(14-8-3-2-4-9-14)16(11-7-13-24)22-21(25)20(19)23/h2-6,8-10,12,24H,7,11,13H2,1H3,(H,22,25). The minimum Gasteiger partial charge on any atom is -0.396 e. The Bertz CT molecular complexity index is 1110. The second-order valence-electron chi connectivity index (χ2n) is 6.30. The molecule has 0 saturated heterocycles. The van der Waals surface area contributed by atoms with Gasteiger partial charge in [-0.2, -0.15) is 0 Å². The average molecular weight is 332 g/mol. The quantitative estimate of drug-likeness (QED) is 0.600. The number of para-hydroxylation sites is 1. The van der Waals surface area contributed by atoms with E-state index in [-0.39, 0.29) is 12.2 Å². The van der Waals surface area contributed by atoms with E-state index in [1.165, 1.54) is 0 Å². The van der Waals surface area contributed by atoms with Crippen molar-refractivity contribution in [2.24, 2.45) is 7.05 Å². The van der Waals surface area contributed by atoms with Gasteiger partial charge in [0.05, 0.1) is 0 Å². The molecule has 0 amide bonds. The number of rotatable bonds is 4. The maximum atomic E-state index is 12.8. The van der Waals surface area contributed by atoms with Gasteiger partial charge in [-0.3, -0.25) is 4.79 Å². The fraction of sp³-hybridized carbons (Fsp3) is 0.190. The first-order valence-corrected chi connectivity index (χ1v) is 8.51. The molecule has 2 aromatic carbocycles. The maximum absolute atomic E-state index is 12.8. The van der Waals surface area contributed by atoms with E-state index in [1.54, 1.807) is 0 Å². The van der Waals surface area contributed by atoms with Crippen molar-refractivity contribution >= 4 is 21.8 Å². The average Bonchev–Trinajstić information content (AvgIpc) is 2.95. The molecule has 4 aromatic rings. The van der Waals surface area contributed by atoms with Crippen LogP contribution in [0.1, 0.15) is 12.1 Å². The molecule has 0 fully saturated rings. The highest BCUT2D eigenvalue weighted by Gasteiger charge is 2.19. The number of hydrogen-bond acceptors (Lipinski definition) is 2. The molecular formula is C21H20N2O2. The molecule has 2 N–H and O–H groups in total. The molecule has 0 aliphatic carbocycles. The summed E-state index contributed by atoms with van der Waals surface area (Å²) in [6.45, 7) is 0.101. The van der Waals surface area contributed by atoms with E-state index in [4.69, 9.17) is 0 Å². The van der Waals surface area contributed by atoms with E-state index in [0.29, 0.717) is 18.4 Å². The summed E-state index contributed by atoms with van der Waals surface area (Å²) in [6.07, 6.45) is 1.25. The van der Waals surface area contributed by atoms with Crippen LogP contribution < -0.4 is 5.56 Å². The number of aliphatic hydroxyl groups is 1. The number of nitrogens with zero attached hydrogens (tertiary/aromatic N) is 1. The third-order valence-corrected chi connectivity index (χ3v) is 4.79. The van der Waals surface area contributed by atoms with Gasteiger partial charge in [0.25, 0.3) is 5.56 Å². The molecular weight excluding hydrogens is 312 g/mol. The normalized spacial score (nSPS) is 11.4. The number of benzene rings is 2. The van der Waals surface area contributed by atoms with E-state index in [0.717, 1.165) is 33.1 Å². The van der Waals surface area contributed by atoms with Gasteiger partial charge in [0.2, 0.25) is 0 Å². The van der Waals surface area contributed by atoms with E-state index in [9.17, 15) is 9.90 Å². The number of aromatic nitrogens is 2. The zero-order valence-electron chi connectivity index (χ0n) is 14.1. The number of aliphatic hydroxyl groups excluding tert-OH is 1. The summed E-state index contributed by atoms with van der Waals surface area (Å²) in [6, 6.07) is 18.2. The third-order valence-electron chi connectivity index (χ3n) is 4.79. The van der Waals surface area contributed by atoms with Crippen LogP contribution in [0.3, 0.4) is 0 Å². The Morgan fingerprint density at radius 1 is 1.04 bits per heavy atom. The maximum Gasteiger partial charge on any atom is 0.272 e. The van der Waals surface area contributed by atoms with Crippen molar-refractivity contribution in [1.82, 2.24) is 9.55 Å². The van der Waals surface area contributed by atoms with Gasteiger partial charge in [0.15, 0.2) is 0 Å². The van der Waals surface area contributed by atoms with Crippen molar-refractivity contribution in [2.45, 2.75) is 12.8 Å². The van der Waals surface area contributed by atoms with Gasteiger partial charge in [-0.05, 0) is 24.5 Å². The van der Waals surface area contributed by atoms with Gasteiger partial charge in [-0.25, -0.2) is 0 Å². The van der Waals surface area contributed by atoms with E-state index in [2.05, 4.69) is 23.2 Å². The summed E-state index contributed by atoms with van der Waals surface area (Å²) in [5, 5.41) is 11.3. The molecule has 25 heavy (non-hydrogen) atoms. The lowest BCUT2D eigenvalue weighted by molar-refractivity contribution is 0.288. The summed E-state index contributed by atoms with van der Waals surface area (Å²) >= 11 is 0. The zero-order valence-corrected chi connectivity index (χ0v) is 14.1. The third kappa shape index (κ3) is 2.46. The van der Waals surface area contributed by atoms with Crippen LogP contribution in [-0.2, 0) is 13.5 Å². The predicted molar refractivity (Wildman–Crippen MR) is 102 cm³/mol. The predicted octanol–water partition coefficient (Wildman–Crippen LogP) is 3.61. The molecule has 126 valence electrons. The molecule has 0 spiro atoms. The van der Waals surface area contributed by atoms with Crippen LogP contribution in [0.4, 0.5) is 0 Å². The first kappa shape index (κ1) is 15.7. The van der Waals surface area contributed by atoms with Gasteiger partial charge in [0, 0.05) is 41.2 Å². The number of nitrogens with one attached hydrogen (secondary N) is 1. The smallest absolute Gasteiger partial charge is 0.272 e. The number of H-pyrrole nitrogens is 1. The van der Waals surface area contributed by atoms with Crippen molar-refractivity contribution in [2.75, 3.05) is 6.61 Å². The lowest BCUT2D eigenvalue weighted by Crippen LogP contribution is -2.14. The highest BCUT2D eigenvalue weighted by Crippen LogP contribution is 2.36. The molecule has 4 rings (SSSR count). The molecule has 0 aliphatic heterocycles. The first-order chi connectivity index (χ1) is 12.2. The molecule has 2 aromatic heterocycles. The highest BCUT2D eigenvalue weighted by molar-refractivity contribution is 6.14. The summed E-state index contributed by atoms with van der Waals surface area (Å²) in [5.41, 5.74) is 4.66. The topological polar surface area (TPSA) is 58.0 Å². The van der Waals surface area contributed by atoms with Gasteiger partial charge < -0.3 is 14.7 Å². The first-order valence-electron chi connectivity index (χ1n) is 8.51. The molecule has 4 nitrogen and oxygen atoms in total. The molecule has 0 unspecified atom stereocenters. The largest absolute Gasteiger partial charge is 0.396 e. The van der Waals surface area contributed by atoms with Crippen molar-refractivity contribution in [3.8, 4) is 11.1 Å². The minimum atomic E-state index is -0.0821. The molecule has 0 radical (unpaired) electrons. The Morgan fingerprint density at radius 2 is 1.76 bits per heavy atom. The fourth-order valence-corrected chi connectivity index (χ4v) is 3.69. The summed E-state index contributed by atoms with van der Waals surface area (Å²) < 4.78 is 1.96. The monoisotopic (exact) mass is 332 g/mol. The van der Waals surface area contributed by atoms with Gasteiger partial charge in [-0.15, -0.1) is 0 Å². The van der Waals surface area contributed by atoms with Crippen molar-refractivity contribution in [3.05, 3.63) is 70.6 Å². The van der Waals surface area contributed by atoms with Crippen LogP contribution in [0.2, 0.25) is 0 Å². The summed E-state index contributed by atoms with van der Waals surface area (Å²) in [7, 11) is 1.93. The SMILES string of the molecule is Cn1c2ccccc2c2c(-c3ccccc3)c(CCCO)[nH]c(=O)c21. The Hall–Kier alpha value is -2.85. The summed E-state index contributed by atoms with van der Waals surface area (Å²) in [4.78, 5) is 15.9. The van der Waals surface area contributed by atoms with Crippen LogP contribution >= 0.6 is 0 Å². The second-order valence-corrected chi connectivity index (χ2v) is 6.30. The Kier molecular flexibility index (Phi) is 3.90. The van der Waals surface area contributed by atoms with Gasteiger partial charge >= 0.3 is 0 Å². The number of hydrogen-bond donors (Lipinski definition) is 2. The lowest BCUT2D eigenvalue weighted by Gasteiger charge is -2.12. The highest BCUT2D eigenvalue weighted by atomic mass is 16.2. The Balaban J connectivity index is 2.20. The minimum absolute atomic E-state index is 0.0821. The van der Waals surface area contributed by atoms with Crippen molar-refractivity contribution in [1.29, 1.82) is 0 Å². The van der Waals surface area contributed by atoms with Crippen LogP contribution in [0, 0.1) is 0 Å². The van der Waals surface area contributed by atoms with E-state index >= 15 is 0 Å². The second kappa shape index (κ2) is 6.22. The molecule has 2 heterocycles. The van der Waals surface area contributed by atoms with E-state index < -0.39 is 0 Å². The van der Waals surface area contributed by atoms with E-state index in [1.807, 2.05) is 48.0 Å². The number of aryl methyl sites for hydroxylation is 2. The number of aromatic amines is 1. The fourth-order valence-electron chi connectivity index (χ4n) is 3.69.